The van der Waals surface area contributed by atoms with Gasteiger partial charge in [0, 0.05) is 23.9 Å². The van der Waals surface area contributed by atoms with Gasteiger partial charge in [-0.15, -0.1) is 11.3 Å². The third kappa shape index (κ3) is 3.54. The maximum Gasteiger partial charge on any atom is 0.218 e. The molecule has 1 aliphatic rings. The molecule has 0 saturated carbocycles. The van der Waals surface area contributed by atoms with Crippen LogP contribution in [0.2, 0.25) is 5.02 Å². The van der Waals surface area contributed by atoms with Gasteiger partial charge in [0.2, 0.25) is 5.91 Å². The highest BCUT2D eigenvalue weighted by atomic mass is 35.5. The molecule has 4 nitrogen and oxygen atoms in total. The Labute approximate surface area is 132 Å². The normalized spacial score (nSPS) is 17.4. The van der Waals surface area contributed by atoms with Crippen molar-refractivity contribution in [3.8, 4) is 0 Å². The van der Waals surface area contributed by atoms with E-state index in [2.05, 4.69) is 4.90 Å². The number of nitrogens with two attached hydrogens (primary N) is 1. The van der Waals surface area contributed by atoms with Gasteiger partial charge in [-0.1, -0.05) is 11.6 Å². The number of thiazole rings is 1. The molecule has 1 aromatic heterocycles. The van der Waals surface area contributed by atoms with Crippen LogP contribution in [-0.4, -0.2) is 35.4 Å². The quantitative estimate of drug-likeness (QED) is 0.941. The first-order chi connectivity index (χ1) is 10.1. The Morgan fingerprint density at radius 3 is 2.90 bits per heavy atom. The van der Waals surface area contributed by atoms with Crippen LogP contribution in [0.3, 0.4) is 0 Å². The van der Waals surface area contributed by atoms with Gasteiger partial charge >= 0.3 is 0 Å². The molecule has 0 bridgehead atoms. The van der Waals surface area contributed by atoms with E-state index < -0.39 is 0 Å². The van der Waals surface area contributed by atoms with Crippen molar-refractivity contribution < 1.29 is 4.79 Å². The first-order valence-electron chi connectivity index (χ1n) is 7.18. The minimum atomic E-state index is -0.222. The minimum Gasteiger partial charge on any atom is -0.370 e. The molecular formula is C15H18ClN3OS. The number of likely N-dealkylation sites (tertiary alicyclic amines) is 1. The minimum absolute atomic E-state index is 0.222. The second kappa shape index (κ2) is 6.30. The van der Waals surface area contributed by atoms with Crippen molar-refractivity contribution in [1.82, 2.24) is 9.88 Å². The van der Waals surface area contributed by atoms with E-state index in [4.69, 9.17) is 22.3 Å². The van der Waals surface area contributed by atoms with Crippen LogP contribution in [0.5, 0.6) is 0 Å². The fraction of sp³-hybridized carbons (Fsp3) is 0.467. The molecule has 112 valence electrons. The number of rotatable bonds is 4. The number of halogens is 1. The summed E-state index contributed by atoms with van der Waals surface area (Å²) in [6.45, 7) is 2.79. The third-order valence-corrected chi connectivity index (χ3v) is 5.41. The van der Waals surface area contributed by atoms with Gasteiger partial charge in [0.25, 0.3) is 0 Å². The Kier molecular flexibility index (Phi) is 4.42. The van der Waals surface area contributed by atoms with Gasteiger partial charge in [-0.05, 0) is 44.1 Å². The van der Waals surface area contributed by atoms with Crippen molar-refractivity contribution in [2.45, 2.75) is 25.2 Å². The Morgan fingerprint density at radius 2 is 2.19 bits per heavy atom. The van der Waals surface area contributed by atoms with E-state index in [1.54, 1.807) is 11.3 Å². The summed E-state index contributed by atoms with van der Waals surface area (Å²) in [4.78, 5) is 17.9. The molecular weight excluding hydrogens is 306 g/mol. The number of hydrogen-bond acceptors (Lipinski definition) is 4. The molecule has 1 aliphatic heterocycles. The smallest absolute Gasteiger partial charge is 0.218 e. The summed E-state index contributed by atoms with van der Waals surface area (Å²) in [5, 5.41) is 1.95. The van der Waals surface area contributed by atoms with Crippen molar-refractivity contribution in [1.29, 1.82) is 0 Å². The number of nitrogens with zero attached hydrogens (tertiary/aromatic N) is 2. The number of primary amides is 1. The molecule has 0 aliphatic carbocycles. The molecule has 6 heteroatoms. The fourth-order valence-electron chi connectivity index (χ4n) is 2.76. The highest BCUT2D eigenvalue weighted by molar-refractivity contribution is 7.18. The molecule has 3 rings (SSSR count). The lowest BCUT2D eigenvalue weighted by Crippen LogP contribution is -2.35. The topological polar surface area (TPSA) is 59.2 Å². The summed E-state index contributed by atoms with van der Waals surface area (Å²) >= 11 is 7.78. The maximum absolute atomic E-state index is 10.8. The van der Waals surface area contributed by atoms with Gasteiger partial charge in [-0.25, -0.2) is 4.98 Å². The van der Waals surface area contributed by atoms with E-state index in [0.29, 0.717) is 12.3 Å². The second-order valence-electron chi connectivity index (χ2n) is 5.50. The molecule has 2 heterocycles. The van der Waals surface area contributed by atoms with E-state index in [1.165, 1.54) is 9.71 Å². The lowest BCUT2D eigenvalue weighted by Gasteiger charge is -2.30. The van der Waals surface area contributed by atoms with E-state index in [0.717, 1.165) is 43.0 Å². The molecule has 0 atom stereocenters. The predicted octanol–water partition coefficient (Wildman–Crippen LogP) is 3.00. The van der Waals surface area contributed by atoms with Gasteiger partial charge in [-0.3, -0.25) is 4.79 Å². The summed E-state index contributed by atoms with van der Waals surface area (Å²) in [7, 11) is 0. The molecule has 0 radical (unpaired) electrons. The van der Waals surface area contributed by atoms with E-state index in [1.807, 2.05) is 18.2 Å². The summed E-state index contributed by atoms with van der Waals surface area (Å²) in [5.41, 5.74) is 6.20. The van der Waals surface area contributed by atoms with Gasteiger partial charge < -0.3 is 10.6 Å². The van der Waals surface area contributed by atoms with Crippen molar-refractivity contribution in [2.75, 3.05) is 19.6 Å². The first kappa shape index (κ1) is 14.8. The lowest BCUT2D eigenvalue weighted by molar-refractivity contribution is -0.118. The number of aromatic nitrogens is 1. The SMILES string of the molecule is NC(=O)CCN1CCC(c2nc3cc(Cl)ccc3s2)CC1. The van der Waals surface area contributed by atoms with Crippen LogP contribution < -0.4 is 5.73 Å². The molecule has 0 spiro atoms. The number of piperidine rings is 1. The van der Waals surface area contributed by atoms with Crippen molar-refractivity contribution >= 4 is 39.1 Å². The standard InChI is InChI=1S/C15H18ClN3OS/c16-11-1-2-13-12(9-11)18-15(21-13)10-3-6-19(7-4-10)8-5-14(17)20/h1-2,9-10H,3-8H2,(H2,17,20). The van der Waals surface area contributed by atoms with Crippen LogP contribution in [0, 0.1) is 0 Å². The van der Waals surface area contributed by atoms with Gasteiger partial charge in [0.1, 0.15) is 0 Å². The largest absolute Gasteiger partial charge is 0.370 e. The van der Waals surface area contributed by atoms with Crippen LogP contribution in [-0.2, 0) is 4.79 Å². The number of fused-ring (bicyclic) bond motifs is 1. The zero-order valence-electron chi connectivity index (χ0n) is 11.7. The van der Waals surface area contributed by atoms with Crippen LogP contribution in [0.25, 0.3) is 10.2 Å². The third-order valence-electron chi connectivity index (χ3n) is 3.98. The first-order valence-corrected chi connectivity index (χ1v) is 8.38. The average molecular weight is 324 g/mol. The molecule has 1 aromatic carbocycles. The molecule has 2 N–H and O–H groups in total. The Balaban J connectivity index is 1.64. The average Bonchev–Trinajstić information content (AvgIpc) is 2.88. The number of carbonyl (C=O) groups is 1. The van der Waals surface area contributed by atoms with Gasteiger partial charge in [-0.2, -0.15) is 0 Å². The molecule has 0 unspecified atom stereocenters. The predicted molar refractivity (Wildman–Crippen MR) is 86.9 cm³/mol. The number of benzene rings is 1. The highest BCUT2D eigenvalue weighted by Crippen LogP contribution is 2.34. The molecule has 1 amide bonds. The summed E-state index contributed by atoms with van der Waals surface area (Å²) in [6.07, 6.45) is 2.63. The van der Waals surface area contributed by atoms with Crippen molar-refractivity contribution in [2.24, 2.45) is 5.73 Å². The van der Waals surface area contributed by atoms with Gasteiger partial charge in [0.05, 0.1) is 15.2 Å². The zero-order chi connectivity index (χ0) is 14.8. The Bertz CT molecular complexity index is 649. The number of amides is 1. The molecule has 2 aromatic rings. The van der Waals surface area contributed by atoms with Crippen molar-refractivity contribution in [3.05, 3.63) is 28.2 Å². The summed E-state index contributed by atoms with van der Waals surface area (Å²) < 4.78 is 1.20. The Hall–Kier alpha value is -1.17. The molecule has 21 heavy (non-hydrogen) atoms. The fourth-order valence-corrected chi connectivity index (χ4v) is 4.05. The van der Waals surface area contributed by atoms with Crippen LogP contribution >= 0.6 is 22.9 Å². The number of hydrogen-bond donors (Lipinski definition) is 1. The summed E-state index contributed by atoms with van der Waals surface area (Å²) in [5.74, 6) is 0.297. The zero-order valence-corrected chi connectivity index (χ0v) is 13.3. The Morgan fingerprint density at radius 1 is 1.43 bits per heavy atom. The van der Waals surface area contributed by atoms with E-state index >= 15 is 0 Å². The van der Waals surface area contributed by atoms with E-state index in [-0.39, 0.29) is 5.91 Å². The summed E-state index contributed by atoms with van der Waals surface area (Å²) in [6, 6.07) is 5.89. The maximum atomic E-state index is 10.8. The van der Waals surface area contributed by atoms with Crippen LogP contribution in [0.1, 0.15) is 30.2 Å². The van der Waals surface area contributed by atoms with Crippen molar-refractivity contribution in [3.63, 3.8) is 0 Å². The van der Waals surface area contributed by atoms with Crippen LogP contribution in [0.15, 0.2) is 18.2 Å². The molecule has 1 fully saturated rings. The van der Waals surface area contributed by atoms with Gasteiger partial charge in [0.15, 0.2) is 0 Å². The van der Waals surface area contributed by atoms with Crippen LogP contribution in [0.4, 0.5) is 0 Å². The second-order valence-corrected chi connectivity index (χ2v) is 7.00. The lowest BCUT2D eigenvalue weighted by atomic mass is 9.97. The monoisotopic (exact) mass is 323 g/mol. The van der Waals surface area contributed by atoms with E-state index in [9.17, 15) is 4.79 Å². The molecule has 1 saturated heterocycles. The highest BCUT2D eigenvalue weighted by Gasteiger charge is 2.23. The number of carbonyl (C=O) groups excluding carboxylic acids is 1.